The number of nitrogens with one attached hydrogen (secondary N) is 1. The van der Waals surface area contributed by atoms with E-state index in [2.05, 4.69) is 11.6 Å². The number of thiophene rings is 2. The first-order chi connectivity index (χ1) is 9.22. The molecule has 1 N–H and O–H groups in total. The van der Waals surface area contributed by atoms with Crippen molar-refractivity contribution in [1.82, 2.24) is 9.55 Å². The third-order valence-electron chi connectivity index (χ3n) is 2.81. The molecule has 0 spiro atoms. The van der Waals surface area contributed by atoms with Gasteiger partial charge < -0.3 is 4.98 Å². The Morgan fingerprint density at radius 1 is 1.47 bits per heavy atom. The van der Waals surface area contributed by atoms with E-state index in [0.717, 1.165) is 15.3 Å². The quantitative estimate of drug-likeness (QED) is 0.586. The summed E-state index contributed by atoms with van der Waals surface area (Å²) in [6.07, 6.45) is 1.67. The van der Waals surface area contributed by atoms with E-state index in [1.165, 1.54) is 15.9 Å². The molecule has 19 heavy (non-hydrogen) atoms. The minimum Gasteiger partial charge on any atom is -0.323 e. The molecule has 0 saturated heterocycles. The van der Waals surface area contributed by atoms with Crippen LogP contribution in [0.2, 0.25) is 0 Å². The van der Waals surface area contributed by atoms with E-state index in [0.29, 0.717) is 16.7 Å². The summed E-state index contributed by atoms with van der Waals surface area (Å²) >= 11 is 8.35. The summed E-state index contributed by atoms with van der Waals surface area (Å²) in [6.45, 7) is 4.08. The van der Waals surface area contributed by atoms with Gasteiger partial charge in [-0.3, -0.25) is 9.36 Å². The molecule has 3 aromatic rings. The van der Waals surface area contributed by atoms with Gasteiger partial charge in [0, 0.05) is 22.4 Å². The van der Waals surface area contributed by atoms with E-state index < -0.39 is 0 Å². The molecule has 0 aliphatic heterocycles. The maximum atomic E-state index is 12.6. The lowest BCUT2D eigenvalue weighted by Gasteiger charge is -2.03. The Morgan fingerprint density at radius 3 is 3.00 bits per heavy atom. The molecule has 96 valence electrons. The lowest BCUT2D eigenvalue weighted by atomic mass is 10.2. The smallest absolute Gasteiger partial charge is 0.263 e. The SMILES string of the molecule is C=CCn1c(=S)[nH]c2scc(-c3cccs3)c2c1=O. The number of nitrogens with zero attached hydrogens (tertiary/aromatic N) is 1. The Labute approximate surface area is 122 Å². The van der Waals surface area contributed by atoms with Gasteiger partial charge in [0.1, 0.15) is 4.83 Å². The molecule has 0 aliphatic rings. The molecule has 3 rings (SSSR count). The second kappa shape index (κ2) is 4.88. The average Bonchev–Trinajstić information content (AvgIpc) is 3.02. The molecular formula is C13H10N2OS3. The molecule has 3 nitrogen and oxygen atoms in total. The molecule has 6 heteroatoms. The van der Waals surface area contributed by atoms with Crippen molar-refractivity contribution in [1.29, 1.82) is 0 Å². The minimum atomic E-state index is -0.0525. The van der Waals surface area contributed by atoms with Crippen LogP contribution in [0.1, 0.15) is 0 Å². The number of aromatic nitrogens is 2. The van der Waals surface area contributed by atoms with Crippen LogP contribution in [-0.2, 0) is 6.54 Å². The summed E-state index contributed by atoms with van der Waals surface area (Å²) < 4.78 is 1.98. The van der Waals surface area contributed by atoms with Gasteiger partial charge >= 0.3 is 0 Å². The van der Waals surface area contributed by atoms with Gasteiger partial charge in [-0.25, -0.2) is 0 Å². The van der Waals surface area contributed by atoms with Crippen LogP contribution in [0.25, 0.3) is 20.7 Å². The predicted octanol–water partition coefficient (Wildman–Crippen LogP) is 4.04. The number of hydrogen-bond acceptors (Lipinski definition) is 4. The Bertz CT molecular complexity index is 852. The van der Waals surface area contributed by atoms with Crippen molar-refractivity contribution in [2.45, 2.75) is 6.54 Å². The number of fused-ring (bicyclic) bond motifs is 1. The summed E-state index contributed by atoms with van der Waals surface area (Å²) in [5.74, 6) is 0. The number of hydrogen-bond donors (Lipinski definition) is 1. The maximum Gasteiger partial charge on any atom is 0.263 e. The zero-order chi connectivity index (χ0) is 13.4. The van der Waals surface area contributed by atoms with Crippen LogP contribution in [-0.4, -0.2) is 9.55 Å². The molecule has 0 bridgehead atoms. The highest BCUT2D eigenvalue weighted by molar-refractivity contribution is 7.71. The van der Waals surface area contributed by atoms with E-state index in [4.69, 9.17) is 12.2 Å². The van der Waals surface area contributed by atoms with E-state index in [1.54, 1.807) is 17.4 Å². The highest BCUT2D eigenvalue weighted by atomic mass is 32.1. The molecule has 0 fully saturated rings. The van der Waals surface area contributed by atoms with Crippen LogP contribution in [0, 0.1) is 4.77 Å². The summed E-state index contributed by atoms with van der Waals surface area (Å²) in [7, 11) is 0. The largest absolute Gasteiger partial charge is 0.323 e. The van der Waals surface area contributed by atoms with Crippen molar-refractivity contribution in [3.63, 3.8) is 0 Å². The highest BCUT2D eigenvalue weighted by Gasteiger charge is 2.13. The summed E-state index contributed by atoms with van der Waals surface area (Å²) in [6, 6.07) is 4.00. The van der Waals surface area contributed by atoms with Crippen molar-refractivity contribution in [3.8, 4) is 10.4 Å². The van der Waals surface area contributed by atoms with Gasteiger partial charge in [-0.05, 0) is 23.7 Å². The molecule has 3 aromatic heterocycles. The van der Waals surface area contributed by atoms with Crippen LogP contribution in [0.3, 0.4) is 0 Å². The summed E-state index contributed by atoms with van der Waals surface area (Å²) in [4.78, 5) is 17.6. The monoisotopic (exact) mass is 306 g/mol. The van der Waals surface area contributed by atoms with Crippen LogP contribution >= 0.6 is 34.9 Å². The molecular weight excluding hydrogens is 296 g/mol. The fraction of sp³-hybridized carbons (Fsp3) is 0.0769. The first-order valence-corrected chi connectivity index (χ1v) is 7.78. The second-order valence-electron chi connectivity index (χ2n) is 3.97. The molecule has 0 radical (unpaired) electrons. The van der Waals surface area contributed by atoms with Gasteiger partial charge in [0.25, 0.3) is 5.56 Å². The zero-order valence-electron chi connectivity index (χ0n) is 9.88. The zero-order valence-corrected chi connectivity index (χ0v) is 12.3. The Balaban J connectivity index is 2.39. The predicted molar refractivity (Wildman–Crippen MR) is 84.8 cm³/mol. The summed E-state index contributed by atoms with van der Waals surface area (Å²) in [5, 5.41) is 4.72. The first kappa shape index (κ1) is 12.5. The highest BCUT2D eigenvalue weighted by Crippen LogP contribution is 2.33. The van der Waals surface area contributed by atoms with Crippen molar-refractivity contribution in [2.75, 3.05) is 0 Å². The van der Waals surface area contributed by atoms with Gasteiger partial charge in [0.15, 0.2) is 4.77 Å². The molecule has 0 aromatic carbocycles. The van der Waals surface area contributed by atoms with E-state index in [9.17, 15) is 4.79 Å². The Hall–Kier alpha value is -1.50. The third kappa shape index (κ3) is 2.01. The first-order valence-electron chi connectivity index (χ1n) is 5.61. The van der Waals surface area contributed by atoms with Gasteiger partial charge in [0.2, 0.25) is 0 Å². The fourth-order valence-electron chi connectivity index (χ4n) is 1.96. The van der Waals surface area contributed by atoms with Crippen molar-refractivity contribution in [2.24, 2.45) is 0 Å². The number of rotatable bonds is 3. The standard InChI is InChI=1S/C13H10N2OS3/c1-2-5-15-12(16)10-8(9-4-3-6-18-9)7-19-11(10)14-13(15)17/h2-4,6-7H,1,5H2,(H,14,17). The van der Waals surface area contributed by atoms with Gasteiger partial charge in [0.05, 0.1) is 5.39 Å². The van der Waals surface area contributed by atoms with Crippen molar-refractivity contribution >= 4 is 45.1 Å². The third-order valence-corrected chi connectivity index (χ3v) is 4.94. The van der Waals surface area contributed by atoms with Gasteiger partial charge in [-0.1, -0.05) is 12.1 Å². The summed E-state index contributed by atoms with van der Waals surface area (Å²) in [5.41, 5.74) is 0.923. The lowest BCUT2D eigenvalue weighted by molar-refractivity contribution is 0.754. The van der Waals surface area contributed by atoms with Crippen molar-refractivity contribution < 1.29 is 0 Å². The van der Waals surface area contributed by atoms with E-state index in [-0.39, 0.29) is 5.56 Å². The minimum absolute atomic E-state index is 0.0525. The molecule has 0 aliphatic carbocycles. The lowest BCUT2D eigenvalue weighted by Crippen LogP contribution is -2.21. The molecule has 0 unspecified atom stereocenters. The number of aromatic amines is 1. The van der Waals surface area contributed by atoms with Crippen LogP contribution in [0.5, 0.6) is 0 Å². The normalized spacial score (nSPS) is 10.9. The molecule has 3 heterocycles. The van der Waals surface area contributed by atoms with Crippen molar-refractivity contribution in [3.05, 3.63) is 50.7 Å². The topological polar surface area (TPSA) is 37.8 Å². The molecule has 0 saturated carbocycles. The molecule has 0 atom stereocenters. The van der Waals surface area contributed by atoms with Crippen LogP contribution in [0.4, 0.5) is 0 Å². The van der Waals surface area contributed by atoms with Crippen LogP contribution in [0.15, 0.2) is 40.3 Å². The number of allylic oxidation sites excluding steroid dienone is 1. The van der Waals surface area contributed by atoms with Gasteiger partial charge in [-0.2, -0.15) is 0 Å². The van der Waals surface area contributed by atoms with E-state index in [1.807, 2.05) is 22.9 Å². The number of H-pyrrole nitrogens is 1. The maximum absolute atomic E-state index is 12.6. The second-order valence-corrected chi connectivity index (χ2v) is 6.18. The average molecular weight is 306 g/mol. The van der Waals surface area contributed by atoms with E-state index >= 15 is 0 Å². The van der Waals surface area contributed by atoms with Gasteiger partial charge in [-0.15, -0.1) is 29.3 Å². The Morgan fingerprint density at radius 2 is 2.32 bits per heavy atom. The van der Waals surface area contributed by atoms with Crippen LogP contribution < -0.4 is 5.56 Å². The molecule has 0 amide bonds. The fourth-order valence-corrected chi connectivity index (χ4v) is 4.06. The Kier molecular flexibility index (Phi) is 3.22.